The molecule has 0 aromatic heterocycles. The fraction of sp³-hybridized carbons (Fsp3) is 0.556. The van der Waals surface area contributed by atoms with Crippen molar-refractivity contribution in [3.05, 3.63) is 33.6 Å². The second-order valence-electron chi connectivity index (χ2n) is 3.56. The van der Waals surface area contributed by atoms with Gasteiger partial charge in [0.15, 0.2) is 0 Å². The van der Waals surface area contributed by atoms with Crippen molar-refractivity contribution in [2.24, 2.45) is 10.4 Å². The minimum absolute atomic E-state index is 0.433. The van der Waals surface area contributed by atoms with Crippen molar-refractivity contribution in [1.82, 2.24) is 0 Å². The summed E-state index contributed by atoms with van der Waals surface area (Å²) in [6.07, 6.45) is 5.99. The zero-order valence-electron chi connectivity index (χ0n) is 7.73. The normalized spacial score (nSPS) is 22.3. The SMILES string of the molecule is CC(C)(N=O)C1=CC=CCC1N=O. The average Bonchev–Trinajstić information content (AvgIpc) is 2.18. The molecule has 0 bridgehead atoms. The fourth-order valence-corrected chi connectivity index (χ4v) is 1.38. The summed E-state index contributed by atoms with van der Waals surface area (Å²) in [5, 5.41) is 5.97. The highest BCUT2D eigenvalue weighted by Gasteiger charge is 2.31. The summed E-state index contributed by atoms with van der Waals surface area (Å²) in [5.74, 6) is 0. The number of nitroso groups, excluding NO2 is 2. The predicted octanol–water partition coefficient (Wildman–Crippen LogP) is 2.55. The van der Waals surface area contributed by atoms with Gasteiger partial charge in [0, 0.05) is 0 Å². The zero-order chi connectivity index (χ0) is 9.90. The molecule has 0 fully saturated rings. The van der Waals surface area contributed by atoms with E-state index in [1.807, 2.05) is 12.2 Å². The Kier molecular flexibility index (Phi) is 2.70. The van der Waals surface area contributed by atoms with E-state index in [9.17, 15) is 9.81 Å². The van der Waals surface area contributed by atoms with E-state index in [0.29, 0.717) is 12.0 Å². The Hall–Kier alpha value is -1.32. The molecule has 4 heteroatoms. The summed E-state index contributed by atoms with van der Waals surface area (Å²) >= 11 is 0. The molecule has 0 radical (unpaired) electrons. The molecule has 13 heavy (non-hydrogen) atoms. The molecule has 0 spiro atoms. The second kappa shape index (κ2) is 3.60. The maximum absolute atomic E-state index is 10.5. The van der Waals surface area contributed by atoms with Crippen LogP contribution in [0.3, 0.4) is 0 Å². The van der Waals surface area contributed by atoms with Gasteiger partial charge in [-0.1, -0.05) is 28.6 Å². The molecular formula is C9H12N2O2. The third-order valence-electron chi connectivity index (χ3n) is 2.19. The molecule has 1 aliphatic carbocycles. The molecule has 1 aliphatic rings. The van der Waals surface area contributed by atoms with Crippen molar-refractivity contribution in [3.8, 4) is 0 Å². The van der Waals surface area contributed by atoms with Crippen molar-refractivity contribution < 1.29 is 0 Å². The molecule has 1 atom stereocenters. The van der Waals surface area contributed by atoms with Crippen molar-refractivity contribution in [3.63, 3.8) is 0 Å². The molecule has 0 aromatic rings. The molecular weight excluding hydrogens is 168 g/mol. The quantitative estimate of drug-likeness (QED) is 0.626. The highest BCUT2D eigenvalue weighted by molar-refractivity contribution is 5.32. The summed E-state index contributed by atoms with van der Waals surface area (Å²) in [6, 6.07) is -0.433. The summed E-state index contributed by atoms with van der Waals surface area (Å²) in [5.41, 5.74) is -0.136. The Morgan fingerprint density at radius 3 is 2.69 bits per heavy atom. The lowest BCUT2D eigenvalue weighted by Crippen LogP contribution is -2.28. The van der Waals surface area contributed by atoms with Gasteiger partial charge >= 0.3 is 0 Å². The summed E-state index contributed by atoms with van der Waals surface area (Å²) in [7, 11) is 0. The Labute approximate surface area is 76.7 Å². The molecule has 0 aliphatic heterocycles. The van der Waals surface area contributed by atoms with E-state index >= 15 is 0 Å². The van der Waals surface area contributed by atoms with Crippen molar-refractivity contribution in [1.29, 1.82) is 0 Å². The first-order valence-electron chi connectivity index (χ1n) is 4.16. The van der Waals surface area contributed by atoms with Gasteiger partial charge in [0.25, 0.3) is 0 Å². The van der Waals surface area contributed by atoms with E-state index in [0.717, 1.165) is 0 Å². The third kappa shape index (κ3) is 1.88. The second-order valence-corrected chi connectivity index (χ2v) is 3.56. The fourth-order valence-electron chi connectivity index (χ4n) is 1.38. The van der Waals surface area contributed by atoms with Crippen LogP contribution in [0.2, 0.25) is 0 Å². The van der Waals surface area contributed by atoms with Crippen LogP contribution in [0.15, 0.2) is 34.2 Å². The lowest BCUT2D eigenvalue weighted by atomic mass is 9.85. The zero-order valence-corrected chi connectivity index (χ0v) is 7.73. The van der Waals surface area contributed by atoms with Gasteiger partial charge in [-0.05, 0) is 25.8 Å². The highest BCUT2D eigenvalue weighted by Crippen LogP contribution is 2.29. The Bertz CT molecular complexity index is 279. The van der Waals surface area contributed by atoms with Crippen LogP contribution in [0.25, 0.3) is 0 Å². The average molecular weight is 180 g/mol. The molecule has 1 rings (SSSR count). The van der Waals surface area contributed by atoms with Crippen LogP contribution in [0.5, 0.6) is 0 Å². The van der Waals surface area contributed by atoms with Gasteiger partial charge in [-0.15, -0.1) is 4.91 Å². The van der Waals surface area contributed by atoms with E-state index in [1.54, 1.807) is 19.9 Å². The smallest absolute Gasteiger partial charge is 0.120 e. The number of rotatable bonds is 3. The first kappa shape index (κ1) is 9.77. The van der Waals surface area contributed by atoms with Crippen LogP contribution < -0.4 is 0 Å². The van der Waals surface area contributed by atoms with Crippen LogP contribution in [0, 0.1) is 9.81 Å². The Morgan fingerprint density at radius 1 is 1.46 bits per heavy atom. The van der Waals surface area contributed by atoms with E-state index < -0.39 is 11.6 Å². The molecule has 4 nitrogen and oxygen atoms in total. The Morgan fingerprint density at radius 2 is 2.15 bits per heavy atom. The Balaban J connectivity index is 2.99. The van der Waals surface area contributed by atoms with Crippen LogP contribution in [-0.4, -0.2) is 11.6 Å². The van der Waals surface area contributed by atoms with Gasteiger partial charge in [-0.25, -0.2) is 0 Å². The summed E-state index contributed by atoms with van der Waals surface area (Å²) in [6.45, 7) is 3.37. The molecule has 70 valence electrons. The van der Waals surface area contributed by atoms with Gasteiger partial charge in [0.2, 0.25) is 0 Å². The summed E-state index contributed by atoms with van der Waals surface area (Å²) in [4.78, 5) is 21.0. The van der Waals surface area contributed by atoms with Crippen molar-refractivity contribution in [2.45, 2.75) is 31.8 Å². The predicted molar refractivity (Wildman–Crippen MR) is 51.3 cm³/mol. The molecule has 1 unspecified atom stereocenters. The van der Waals surface area contributed by atoms with E-state index in [-0.39, 0.29) is 0 Å². The van der Waals surface area contributed by atoms with Crippen molar-refractivity contribution >= 4 is 0 Å². The minimum Gasteiger partial charge on any atom is -0.150 e. The van der Waals surface area contributed by atoms with E-state index in [2.05, 4.69) is 10.4 Å². The number of hydrogen-bond acceptors (Lipinski definition) is 4. The van der Waals surface area contributed by atoms with Gasteiger partial charge in [-0.3, -0.25) is 0 Å². The number of allylic oxidation sites excluding steroid dienone is 2. The topological polar surface area (TPSA) is 58.9 Å². The van der Waals surface area contributed by atoms with E-state index in [1.165, 1.54) is 0 Å². The van der Waals surface area contributed by atoms with Crippen LogP contribution >= 0.6 is 0 Å². The third-order valence-corrected chi connectivity index (χ3v) is 2.19. The van der Waals surface area contributed by atoms with Gasteiger partial charge in [-0.2, -0.15) is 4.91 Å². The largest absolute Gasteiger partial charge is 0.150 e. The standard InChI is InChI=1S/C9H12N2O2/c1-9(2,11-13)7-5-3-4-6-8(7)10-12/h3-5,8H,6H2,1-2H3. The summed E-state index contributed by atoms with van der Waals surface area (Å²) < 4.78 is 0. The van der Waals surface area contributed by atoms with Crippen LogP contribution in [0.1, 0.15) is 20.3 Å². The number of nitrogens with zero attached hydrogens (tertiary/aromatic N) is 2. The highest BCUT2D eigenvalue weighted by atomic mass is 16.3. The lowest BCUT2D eigenvalue weighted by Gasteiger charge is -2.24. The maximum Gasteiger partial charge on any atom is 0.120 e. The first-order chi connectivity index (χ1) is 6.11. The molecule has 0 saturated carbocycles. The number of hydrogen-bond donors (Lipinski definition) is 0. The first-order valence-corrected chi connectivity index (χ1v) is 4.16. The molecule has 0 amide bonds. The molecule has 0 N–H and O–H groups in total. The molecule has 0 saturated heterocycles. The lowest BCUT2D eigenvalue weighted by molar-refractivity contribution is 0.545. The van der Waals surface area contributed by atoms with Crippen LogP contribution in [0.4, 0.5) is 0 Å². The molecule has 0 heterocycles. The van der Waals surface area contributed by atoms with Crippen molar-refractivity contribution in [2.75, 3.05) is 0 Å². The van der Waals surface area contributed by atoms with Gasteiger partial charge in [0.05, 0.1) is 0 Å². The van der Waals surface area contributed by atoms with E-state index in [4.69, 9.17) is 0 Å². The van der Waals surface area contributed by atoms with Gasteiger partial charge in [0.1, 0.15) is 11.6 Å². The van der Waals surface area contributed by atoms with Gasteiger partial charge < -0.3 is 0 Å². The monoisotopic (exact) mass is 180 g/mol. The maximum atomic E-state index is 10.5. The van der Waals surface area contributed by atoms with Crippen LogP contribution in [-0.2, 0) is 0 Å². The molecule has 0 aromatic carbocycles. The minimum atomic E-state index is -0.830.